The molecule has 1 saturated carbocycles. The Hall–Kier alpha value is -3.07. The SMILES string of the molecule is O=C1N2[C@@H](CC[C@H]2c2cc(F)cc(F)c2)OC12CC(Oc1ncnc3occc13)C2. The smallest absolute Gasteiger partial charge is 0.257 e. The number of amides is 1. The van der Waals surface area contributed by atoms with Crippen LogP contribution in [0.1, 0.15) is 37.3 Å². The lowest BCUT2D eigenvalue weighted by Crippen LogP contribution is -2.56. The minimum Gasteiger partial charge on any atom is -0.473 e. The molecule has 3 aliphatic rings. The number of nitrogens with zero attached hydrogens (tertiary/aromatic N) is 3. The van der Waals surface area contributed by atoms with Crippen molar-refractivity contribution in [3.8, 4) is 5.88 Å². The standard InChI is InChI=1S/C21H17F2N3O4/c22-12-5-11(6-13(23)7-12)16-1-2-17-26(16)20(27)21(30-17)8-14(9-21)29-19-15-3-4-28-18(15)24-10-25-19/h3-7,10,14,16-17H,1-2,8-9H2/t14?,16-,17+,21?/m0/s1. The summed E-state index contributed by atoms with van der Waals surface area (Å²) in [6.45, 7) is 0. The molecule has 6 rings (SSSR count). The lowest BCUT2D eigenvalue weighted by atomic mass is 9.76. The van der Waals surface area contributed by atoms with Gasteiger partial charge in [0.15, 0.2) is 5.60 Å². The van der Waals surface area contributed by atoms with Gasteiger partial charge in [-0.3, -0.25) is 4.79 Å². The fourth-order valence-corrected chi connectivity index (χ4v) is 4.86. The second kappa shape index (κ2) is 6.21. The Morgan fingerprint density at radius 2 is 1.93 bits per heavy atom. The molecule has 0 N–H and O–H groups in total. The van der Waals surface area contributed by atoms with E-state index in [1.165, 1.54) is 24.7 Å². The predicted molar refractivity (Wildman–Crippen MR) is 98.2 cm³/mol. The summed E-state index contributed by atoms with van der Waals surface area (Å²) in [5, 5.41) is 0.672. The monoisotopic (exact) mass is 413 g/mol. The molecule has 30 heavy (non-hydrogen) atoms. The molecule has 2 aliphatic heterocycles. The third-order valence-corrected chi connectivity index (χ3v) is 6.21. The first-order valence-corrected chi connectivity index (χ1v) is 9.84. The zero-order chi connectivity index (χ0) is 20.5. The number of halogens is 2. The third-order valence-electron chi connectivity index (χ3n) is 6.21. The molecule has 0 bridgehead atoms. The van der Waals surface area contributed by atoms with Crippen molar-refractivity contribution >= 4 is 17.0 Å². The maximum absolute atomic E-state index is 13.7. The fourth-order valence-electron chi connectivity index (χ4n) is 4.86. The summed E-state index contributed by atoms with van der Waals surface area (Å²) in [5.41, 5.74) is -0.0462. The van der Waals surface area contributed by atoms with Crippen molar-refractivity contribution in [2.75, 3.05) is 0 Å². The van der Waals surface area contributed by atoms with Crippen LogP contribution in [0.15, 0.2) is 41.3 Å². The second-order valence-corrected chi connectivity index (χ2v) is 8.04. The number of benzene rings is 1. The first kappa shape index (κ1) is 17.8. The molecule has 4 heterocycles. The average molecular weight is 413 g/mol. The number of carbonyl (C=O) groups is 1. The number of fused-ring (bicyclic) bond motifs is 2. The number of hydrogen-bond acceptors (Lipinski definition) is 6. The zero-order valence-corrected chi connectivity index (χ0v) is 15.8. The summed E-state index contributed by atoms with van der Waals surface area (Å²) in [6, 6.07) is 4.74. The molecule has 1 aromatic carbocycles. The van der Waals surface area contributed by atoms with Crippen molar-refractivity contribution in [1.29, 1.82) is 0 Å². The van der Waals surface area contributed by atoms with E-state index < -0.39 is 17.2 Å². The molecule has 3 aromatic rings. The van der Waals surface area contributed by atoms with Crippen molar-refractivity contribution in [3.05, 3.63) is 54.1 Å². The molecule has 2 aromatic heterocycles. The van der Waals surface area contributed by atoms with Gasteiger partial charge in [0, 0.05) is 18.9 Å². The van der Waals surface area contributed by atoms with Gasteiger partial charge in [0.2, 0.25) is 11.6 Å². The number of hydrogen-bond donors (Lipinski definition) is 0. The average Bonchev–Trinajstić information content (AvgIpc) is 3.37. The largest absolute Gasteiger partial charge is 0.473 e. The topological polar surface area (TPSA) is 77.7 Å². The summed E-state index contributed by atoms with van der Waals surface area (Å²) < 4.78 is 44.7. The van der Waals surface area contributed by atoms with Gasteiger partial charge in [0.1, 0.15) is 35.7 Å². The predicted octanol–water partition coefficient (Wildman–Crippen LogP) is 3.50. The normalized spacial score (nSPS) is 30.1. The highest BCUT2D eigenvalue weighted by atomic mass is 19.1. The summed E-state index contributed by atoms with van der Waals surface area (Å²) in [5.74, 6) is -1.03. The highest BCUT2D eigenvalue weighted by Crippen LogP contribution is 2.52. The number of ether oxygens (including phenoxy) is 2. The zero-order valence-electron chi connectivity index (χ0n) is 15.8. The van der Waals surface area contributed by atoms with E-state index in [2.05, 4.69) is 9.97 Å². The van der Waals surface area contributed by atoms with Crippen LogP contribution in [0, 0.1) is 11.6 Å². The Kier molecular flexibility index (Phi) is 3.68. The molecule has 7 nitrogen and oxygen atoms in total. The molecule has 3 fully saturated rings. The Morgan fingerprint density at radius 3 is 2.73 bits per heavy atom. The highest BCUT2D eigenvalue weighted by molar-refractivity contribution is 5.89. The van der Waals surface area contributed by atoms with Crippen LogP contribution >= 0.6 is 0 Å². The first-order valence-electron chi connectivity index (χ1n) is 9.84. The molecule has 154 valence electrons. The van der Waals surface area contributed by atoms with E-state index in [-0.39, 0.29) is 24.3 Å². The van der Waals surface area contributed by atoms with Crippen LogP contribution in [0.3, 0.4) is 0 Å². The molecule has 2 saturated heterocycles. The number of furan rings is 1. The van der Waals surface area contributed by atoms with E-state index in [9.17, 15) is 13.6 Å². The van der Waals surface area contributed by atoms with Gasteiger partial charge in [-0.05, 0) is 36.6 Å². The maximum atomic E-state index is 13.7. The van der Waals surface area contributed by atoms with Gasteiger partial charge >= 0.3 is 0 Å². The number of aromatic nitrogens is 2. The molecular formula is C21H17F2N3O4. The lowest BCUT2D eigenvalue weighted by molar-refractivity contribution is -0.162. The molecule has 1 amide bonds. The molecule has 1 spiro atoms. The Balaban J connectivity index is 1.20. The van der Waals surface area contributed by atoms with E-state index in [0.717, 1.165) is 6.07 Å². The summed E-state index contributed by atoms with van der Waals surface area (Å²) in [4.78, 5) is 23.1. The van der Waals surface area contributed by atoms with E-state index in [0.29, 0.717) is 48.2 Å². The van der Waals surface area contributed by atoms with Crippen LogP contribution in [-0.4, -0.2) is 38.7 Å². The van der Waals surface area contributed by atoms with Crippen molar-refractivity contribution in [2.45, 2.75) is 49.7 Å². The van der Waals surface area contributed by atoms with Crippen LogP contribution in [0.5, 0.6) is 5.88 Å². The number of rotatable bonds is 3. The minimum atomic E-state index is -0.942. The summed E-state index contributed by atoms with van der Waals surface area (Å²) >= 11 is 0. The van der Waals surface area contributed by atoms with Gasteiger partial charge in [-0.1, -0.05) is 0 Å². The summed E-state index contributed by atoms with van der Waals surface area (Å²) in [7, 11) is 0. The molecule has 2 atom stereocenters. The van der Waals surface area contributed by atoms with Crippen molar-refractivity contribution < 1.29 is 27.5 Å². The highest BCUT2D eigenvalue weighted by Gasteiger charge is 2.63. The maximum Gasteiger partial charge on any atom is 0.257 e. The van der Waals surface area contributed by atoms with Crippen molar-refractivity contribution in [1.82, 2.24) is 14.9 Å². The van der Waals surface area contributed by atoms with E-state index in [1.54, 1.807) is 11.0 Å². The Labute approximate surface area is 169 Å². The van der Waals surface area contributed by atoms with Gasteiger partial charge in [-0.25, -0.2) is 18.7 Å². The van der Waals surface area contributed by atoms with Gasteiger partial charge in [-0.15, -0.1) is 0 Å². The van der Waals surface area contributed by atoms with E-state index in [1.807, 2.05) is 0 Å². The minimum absolute atomic E-state index is 0.143. The van der Waals surface area contributed by atoms with E-state index >= 15 is 0 Å². The number of carbonyl (C=O) groups excluding carboxylic acids is 1. The van der Waals surface area contributed by atoms with Crippen LogP contribution in [-0.2, 0) is 9.53 Å². The Morgan fingerprint density at radius 1 is 1.13 bits per heavy atom. The summed E-state index contributed by atoms with van der Waals surface area (Å²) in [6.07, 6.45) is 4.30. The van der Waals surface area contributed by atoms with Gasteiger partial charge in [-0.2, -0.15) is 0 Å². The van der Waals surface area contributed by atoms with Gasteiger partial charge in [0.25, 0.3) is 5.91 Å². The molecule has 0 radical (unpaired) electrons. The molecule has 1 aliphatic carbocycles. The molecule has 0 unspecified atom stereocenters. The second-order valence-electron chi connectivity index (χ2n) is 8.04. The first-order chi connectivity index (χ1) is 14.5. The third kappa shape index (κ3) is 2.54. The quantitative estimate of drug-likeness (QED) is 0.654. The van der Waals surface area contributed by atoms with Crippen LogP contribution < -0.4 is 4.74 Å². The molecule has 9 heteroatoms. The van der Waals surface area contributed by atoms with Crippen LogP contribution in [0.25, 0.3) is 11.1 Å². The molecular weight excluding hydrogens is 396 g/mol. The van der Waals surface area contributed by atoms with Crippen molar-refractivity contribution in [2.24, 2.45) is 0 Å². The fraction of sp³-hybridized carbons (Fsp3) is 0.381. The van der Waals surface area contributed by atoms with E-state index in [4.69, 9.17) is 13.9 Å². The van der Waals surface area contributed by atoms with Crippen molar-refractivity contribution in [3.63, 3.8) is 0 Å². The lowest BCUT2D eigenvalue weighted by Gasteiger charge is -2.42. The van der Waals surface area contributed by atoms with Crippen LogP contribution in [0.2, 0.25) is 0 Å². The Bertz CT molecular complexity index is 1140. The van der Waals surface area contributed by atoms with Gasteiger partial charge in [0.05, 0.1) is 12.3 Å². The van der Waals surface area contributed by atoms with Gasteiger partial charge < -0.3 is 18.8 Å². The van der Waals surface area contributed by atoms with Crippen LogP contribution in [0.4, 0.5) is 8.78 Å².